The Hall–Kier alpha value is -2.41. The number of nitrogens with one attached hydrogen (secondary N) is 1. The van der Waals surface area contributed by atoms with E-state index in [4.69, 9.17) is 0 Å². The summed E-state index contributed by atoms with van der Waals surface area (Å²) in [6.07, 6.45) is 4.28. The largest absolute Gasteiger partial charge is 0.477 e. The molecule has 0 bridgehead atoms. The van der Waals surface area contributed by atoms with Gasteiger partial charge in [0.05, 0.1) is 11.2 Å². The minimum atomic E-state index is -1.27. The van der Waals surface area contributed by atoms with E-state index in [9.17, 15) is 14.7 Å². The summed E-state index contributed by atoms with van der Waals surface area (Å²) >= 11 is 0. The summed E-state index contributed by atoms with van der Waals surface area (Å²) in [7, 11) is 1.89. The highest BCUT2D eigenvalue weighted by atomic mass is 19.1. The van der Waals surface area contributed by atoms with Crippen LogP contribution in [0.4, 0.5) is 10.1 Å². The first-order chi connectivity index (χ1) is 12.9. The van der Waals surface area contributed by atoms with Crippen molar-refractivity contribution < 1.29 is 14.3 Å². The molecule has 2 aromatic rings. The van der Waals surface area contributed by atoms with Crippen LogP contribution in [0.25, 0.3) is 10.9 Å². The van der Waals surface area contributed by atoms with Gasteiger partial charge >= 0.3 is 5.97 Å². The molecule has 6 nitrogen and oxygen atoms in total. The molecule has 0 spiro atoms. The molecule has 1 aromatic carbocycles. The third kappa shape index (κ3) is 3.00. The lowest BCUT2D eigenvalue weighted by molar-refractivity contribution is 0.0695. The maximum Gasteiger partial charge on any atom is 0.341 e. The Kier molecular flexibility index (Phi) is 4.42. The van der Waals surface area contributed by atoms with Gasteiger partial charge in [0.15, 0.2) is 0 Å². The summed E-state index contributed by atoms with van der Waals surface area (Å²) in [5.41, 5.74) is 0.182. The lowest BCUT2D eigenvalue weighted by atomic mass is 10.0. The molecule has 1 saturated carbocycles. The van der Waals surface area contributed by atoms with E-state index in [1.807, 2.05) is 11.6 Å². The number of aromatic carboxylic acids is 1. The van der Waals surface area contributed by atoms with Crippen LogP contribution >= 0.6 is 0 Å². The van der Waals surface area contributed by atoms with Crippen LogP contribution in [0.15, 0.2) is 23.1 Å². The van der Waals surface area contributed by atoms with Crippen LogP contribution in [0, 0.1) is 11.7 Å². The summed E-state index contributed by atoms with van der Waals surface area (Å²) in [5, 5.41) is 12.7. The zero-order valence-corrected chi connectivity index (χ0v) is 15.5. The normalized spacial score (nSPS) is 22.6. The van der Waals surface area contributed by atoms with Crippen molar-refractivity contribution in [3.05, 3.63) is 39.9 Å². The Balaban J connectivity index is 1.91. The second-order valence-corrected chi connectivity index (χ2v) is 7.72. The molecule has 1 aromatic heterocycles. The molecule has 1 saturated heterocycles. The van der Waals surface area contributed by atoms with E-state index in [1.165, 1.54) is 12.3 Å². The Bertz CT molecular complexity index is 967. The fourth-order valence-electron chi connectivity index (χ4n) is 4.21. The molecule has 0 radical (unpaired) electrons. The molecular formula is C20H24FN3O3. The van der Waals surface area contributed by atoms with E-state index < -0.39 is 17.2 Å². The molecule has 2 heterocycles. The summed E-state index contributed by atoms with van der Waals surface area (Å²) in [4.78, 5) is 26.1. The summed E-state index contributed by atoms with van der Waals surface area (Å²) < 4.78 is 16.9. The van der Waals surface area contributed by atoms with Gasteiger partial charge in [0.25, 0.3) is 0 Å². The van der Waals surface area contributed by atoms with Crippen LogP contribution in [0.3, 0.4) is 0 Å². The smallest absolute Gasteiger partial charge is 0.341 e. The highest BCUT2D eigenvalue weighted by molar-refractivity contribution is 5.93. The number of nitrogens with zero attached hydrogens (tertiary/aromatic N) is 2. The van der Waals surface area contributed by atoms with Crippen LogP contribution < -0.4 is 15.6 Å². The van der Waals surface area contributed by atoms with Crippen molar-refractivity contribution in [2.24, 2.45) is 5.92 Å². The van der Waals surface area contributed by atoms with Crippen molar-refractivity contribution in [2.45, 2.75) is 38.3 Å². The van der Waals surface area contributed by atoms with Gasteiger partial charge in [-0.25, -0.2) is 9.18 Å². The van der Waals surface area contributed by atoms with Gasteiger partial charge in [-0.05, 0) is 44.4 Å². The van der Waals surface area contributed by atoms with Gasteiger partial charge in [-0.2, -0.15) is 0 Å². The quantitative estimate of drug-likeness (QED) is 0.843. The van der Waals surface area contributed by atoms with E-state index in [0.29, 0.717) is 17.1 Å². The van der Waals surface area contributed by atoms with Gasteiger partial charge in [0.1, 0.15) is 11.4 Å². The molecule has 2 unspecified atom stereocenters. The summed E-state index contributed by atoms with van der Waals surface area (Å²) in [6, 6.07) is 3.31. The van der Waals surface area contributed by atoms with Crippen molar-refractivity contribution in [1.29, 1.82) is 0 Å². The topological polar surface area (TPSA) is 74.6 Å². The van der Waals surface area contributed by atoms with Crippen molar-refractivity contribution in [1.82, 2.24) is 9.88 Å². The summed E-state index contributed by atoms with van der Waals surface area (Å²) in [6.45, 7) is 3.68. The fraction of sp³-hybridized carbons (Fsp3) is 0.500. The van der Waals surface area contributed by atoms with Crippen molar-refractivity contribution in [3.8, 4) is 0 Å². The number of likely N-dealkylation sites (N-methyl/N-ethyl adjacent to an activating group) is 1. The van der Waals surface area contributed by atoms with Gasteiger partial charge in [0, 0.05) is 36.8 Å². The Morgan fingerprint density at radius 2 is 2.07 bits per heavy atom. The lowest BCUT2D eigenvalue weighted by Gasteiger charge is -2.29. The highest BCUT2D eigenvalue weighted by Crippen LogP contribution is 2.39. The second kappa shape index (κ2) is 6.64. The predicted octanol–water partition coefficient (Wildman–Crippen LogP) is 2.61. The molecule has 1 aliphatic heterocycles. The van der Waals surface area contributed by atoms with Crippen molar-refractivity contribution >= 4 is 22.6 Å². The maximum atomic E-state index is 15.0. The number of hydrogen-bond acceptors (Lipinski definition) is 4. The lowest BCUT2D eigenvalue weighted by Crippen LogP contribution is -2.40. The average Bonchev–Trinajstić information content (AvgIpc) is 3.40. The van der Waals surface area contributed by atoms with E-state index in [2.05, 4.69) is 17.1 Å². The van der Waals surface area contributed by atoms with Gasteiger partial charge in [0.2, 0.25) is 5.43 Å². The van der Waals surface area contributed by atoms with E-state index in [1.54, 1.807) is 6.07 Å². The van der Waals surface area contributed by atoms with Crippen LogP contribution in [0.1, 0.15) is 42.6 Å². The highest BCUT2D eigenvalue weighted by Gasteiger charge is 2.33. The number of pyridine rings is 1. The standard InChI is InChI=1S/C20H24FN3O3/c1-11-5-6-23(18(11)9-22-2)17-8-16-13(7-15(17)21)19(25)14(20(26)27)10-24(16)12-3-4-12/h7-8,10-12,18,22H,3-6,9H2,1-2H3,(H,26,27). The van der Waals surface area contributed by atoms with Crippen LogP contribution in [0.5, 0.6) is 0 Å². The average molecular weight is 373 g/mol. The summed E-state index contributed by atoms with van der Waals surface area (Å²) in [5.74, 6) is -1.31. The first-order valence-corrected chi connectivity index (χ1v) is 9.45. The SMILES string of the molecule is CNCC1C(C)CCN1c1cc2c(cc1F)c(=O)c(C(=O)O)cn2C1CC1. The third-order valence-electron chi connectivity index (χ3n) is 5.88. The monoisotopic (exact) mass is 373 g/mol. The first kappa shape index (κ1) is 18.0. The van der Waals surface area contributed by atoms with Gasteiger partial charge in [-0.15, -0.1) is 0 Å². The Morgan fingerprint density at radius 1 is 1.33 bits per heavy atom. The number of benzene rings is 1. The van der Waals surface area contributed by atoms with Gasteiger partial charge in [-0.3, -0.25) is 4.79 Å². The number of fused-ring (bicyclic) bond motifs is 1. The van der Waals surface area contributed by atoms with Crippen molar-refractivity contribution in [2.75, 3.05) is 25.0 Å². The molecule has 2 aliphatic rings. The molecule has 7 heteroatoms. The predicted molar refractivity (Wildman–Crippen MR) is 102 cm³/mol. The van der Waals surface area contributed by atoms with Gasteiger partial charge in [-0.1, -0.05) is 6.92 Å². The van der Waals surface area contributed by atoms with Crippen molar-refractivity contribution in [3.63, 3.8) is 0 Å². The minimum absolute atomic E-state index is 0.139. The minimum Gasteiger partial charge on any atom is -0.477 e. The van der Waals surface area contributed by atoms with Crippen LogP contribution in [-0.4, -0.2) is 41.8 Å². The van der Waals surface area contributed by atoms with E-state index in [-0.39, 0.29) is 23.0 Å². The molecule has 2 atom stereocenters. The third-order valence-corrected chi connectivity index (χ3v) is 5.88. The number of aromatic nitrogens is 1. The van der Waals surface area contributed by atoms with Gasteiger partial charge < -0.3 is 19.9 Å². The molecule has 2 fully saturated rings. The zero-order valence-electron chi connectivity index (χ0n) is 15.5. The Labute approximate surface area is 156 Å². The second-order valence-electron chi connectivity index (χ2n) is 7.72. The fourth-order valence-corrected chi connectivity index (χ4v) is 4.21. The number of carboxylic acid groups (broad SMARTS) is 1. The maximum absolute atomic E-state index is 15.0. The molecular weight excluding hydrogens is 349 g/mol. The number of rotatable bonds is 5. The number of anilines is 1. The molecule has 27 heavy (non-hydrogen) atoms. The molecule has 0 amide bonds. The zero-order chi connectivity index (χ0) is 19.3. The number of halogens is 1. The number of hydrogen-bond donors (Lipinski definition) is 2. The Morgan fingerprint density at radius 3 is 2.70 bits per heavy atom. The molecule has 1 aliphatic carbocycles. The number of carbonyl (C=O) groups is 1. The first-order valence-electron chi connectivity index (χ1n) is 9.45. The van der Waals surface area contributed by atoms with Crippen LogP contribution in [0.2, 0.25) is 0 Å². The van der Waals surface area contributed by atoms with E-state index >= 15 is 4.39 Å². The van der Waals surface area contributed by atoms with Crippen LogP contribution in [-0.2, 0) is 0 Å². The van der Waals surface area contributed by atoms with E-state index in [0.717, 1.165) is 32.4 Å². The molecule has 144 valence electrons. The number of carboxylic acids is 1. The molecule has 4 rings (SSSR count). The molecule has 2 N–H and O–H groups in total.